The van der Waals surface area contributed by atoms with Crippen LogP contribution in [0.2, 0.25) is 0 Å². The molecule has 2 amide bonds. The third-order valence-electron chi connectivity index (χ3n) is 11.9. The van der Waals surface area contributed by atoms with Gasteiger partial charge in [0.15, 0.2) is 5.79 Å². The zero-order valence-corrected chi connectivity index (χ0v) is 38.2. The first-order valence-electron chi connectivity index (χ1n) is 25.4. The monoisotopic (exact) mass is 776 g/mol. The minimum atomic E-state index is -0.841. The van der Waals surface area contributed by atoms with E-state index in [9.17, 15) is 9.59 Å². The number of hydrogen-bond acceptors (Lipinski definition) is 3. The zero-order chi connectivity index (χ0) is 40.2. The molecule has 0 aromatic carbocycles. The van der Waals surface area contributed by atoms with E-state index < -0.39 is 5.79 Å². The normalized spacial score (nSPS) is 11.7. The van der Waals surface area contributed by atoms with Gasteiger partial charge in [0.25, 0.3) is 0 Å². The summed E-state index contributed by atoms with van der Waals surface area (Å²) in [4.78, 5) is 26.0. The first-order valence-corrected chi connectivity index (χ1v) is 25.4. The van der Waals surface area contributed by atoms with E-state index in [4.69, 9.17) is 0 Å². The minimum Gasteiger partial charge on any atom is -0.321 e. The molecular formula is C50H101N3O2. The number of carbonyl (C=O) groups excluding carboxylic acids is 2. The summed E-state index contributed by atoms with van der Waals surface area (Å²) in [5.41, 5.74) is 0. The average Bonchev–Trinajstić information content (AvgIpc) is 3.18. The van der Waals surface area contributed by atoms with E-state index in [0.29, 0.717) is 19.3 Å². The van der Waals surface area contributed by atoms with Gasteiger partial charge in [0.2, 0.25) is 11.8 Å². The van der Waals surface area contributed by atoms with E-state index in [1.54, 1.807) is 0 Å². The smallest absolute Gasteiger partial charge is 0.222 e. The number of carbonyl (C=O) groups is 2. The molecule has 0 spiro atoms. The van der Waals surface area contributed by atoms with Crippen molar-refractivity contribution in [3.8, 4) is 0 Å². The number of unbranched alkanes of at least 4 members (excludes halogenated alkanes) is 36. The summed E-state index contributed by atoms with van der Waals surface area (Å²) in [6, 6.07) is 0. The van der Waals surface area contributed by atoms with Crippen LogP contribution in [0.3, 0.4) is 0 Å². The van der Waals surface area contributed by atoms with Gasteiger partial charge < -0.3 is 10.6 Å². The number of rotatable bonds is 46. The summed E-state index contributed by atoms with van der Waals surface area (Å²) in [7, 11) is 0. The Balaban J connectivity index is 3.84. The fourth-order valence-corrected chi connectivity index (χ4v) is 8.09. The summed E-state index contributed by atoms with van der Waals surface area (Å²) in [5.74, 6) is -0.756. The van der Waals surface area contributed by atoms with Gasteiger partial charge in [-0.1, -0.05) is 259 Å². The van der Waals surface area contributed by atoms with Crippen molar-refractivity contribution < 1.29 is 9.59 Å². The Morgan fingerprint density at radius 1 is 0.309 bits per heavy atom. The lowest BCUT2D eigenvalue weighted by Crippen LogP contribution is -2.68. The molecule has 0 aliphatic heterocycles. The highest BCUT2D eigenvalue weighted by Gasteiger charge is 2.30. The summed E-state index contributed by atoms with van der Waals surface area (Å²) in [6.45, 7) is 9.50. The third-order valence-corrected chi connectivity index (χ3v) is 11.9. The van der Waals surface area contributed by atoms with E-state index in [-0.39, 0.29) is 11.8 Å². The third kappa shape index (κ3) is 39.5. The van der Waals surface area contributed by atoms with Crippen molar-refractivity contribution in [2.75, 3.05) is 6.54 Å². The molecular weight excluding hydrogens is 675 g/mol. The van der Waals surface area contributed by atoms with E-state index >= 15 is 0 Å². The summed E-state index contributed by atoms with van der Waals surface area (Å²) >= 11 is 0. The van der Waals surface area contributed by atoms with Crippen LogP contribution >= 0.6 is 0 Å². The average molecular weight is 776 g/mol. The van der Waals surface area contributed by atoms with Crippen LogP contribution in [0.1, 0.15) is 297 Å². The molecule has 328 valence electrons. The lowest BCUT2D eigenvalue weighted by molar-refractivity contribution is -0.128. The Hall–Kier alpha value is -1.10. The second-order valence-electron chi connectivity index (χ2n) is 17.5. The fraction of sp³-hybridized carbons (Fsp3) is 0.960. The van der Waals surface area contributed by atoms with Crippen LogP contribution in [0.25, 0.3) is 0 Å². The van der Waals surface area contributed by atoms with E-state index in [1.165, 1.54) is 218 Å². The molecule has 0 aromatic rings. The molecule has 0 rings (SSSR count). The standard InChI is InChI=1S/C50H101N3O2/c1-5-9-11-13-15-17-19-21-23-25-27-29-31-33-35-37-39-41-43-45-48(54)52-50(8-4,51-47-7-3)53-49(55)46-44-42-40-38-36-34-32-30-28-26-24-22-20-18-16-14-12-10-6-2/h51H,5-47H2,1-4H3,(H,52,54)(H,53,55). The van der Waals surface area contributed by atoms with Crippen LogP contribution in [-0.2, 0) is 9.59 Å². The summed E-state index contributed by atoms with van der Waals surface area (Å²) < 4.78 is 0. The van der Waals surface area contributed by atoms with Crippen molar-refractivity contribution in [2.45, 2.75) is 303 Å². The number of hydrogen-bond donors (Lipinski definition) is 3. The molecule has 0 atom stereocenters. The Bertz CT molecular complexity index is 731. The Morgan fingerprint density at radius 2 is 0.527 bits per heavy atom. The highest BCUT2D eigenvalue weighted by molar-refractivity contribution is 5.80. The highest BCUT2D eigenvalue weighted by atomic mass is 16.2. The predicted octanol–water partition coefficient (Wildman–Crippen LogP) is 15.9. The molecule has 5 heteroatoms. The van der Waals surface area contributed by atoms with E-state index in [1.807, 2.05) is 6.92 Å². The van der Waals surface area contributed by atoms with Gasteiger partial charge in [0.1, 0.15) is 0 Å². The van der Waals surface area contributed by atoms with Crippen molar-refractivity contribution in [3.63, 3.8) is 0 Å². The first-order chi connectivity index (χ1) is 27.0. The zero-order valence-electron chi connectivity index (χ0n) is 38.2. The number of nitrogens with one attached hydrogen (secondary N) is 3. The lowest BCUT2D eigenvalue weighted by atomic mass is 10.0. The second-order valence-corrected chi connectivity index (χ2v) is 17.5. The van der Waals surface area contributed by atoms with Crippen molar-refractivity contribution >= 4 is 11.8 Å². The van der Waals surface area contributed by atoms with Gasteiger partial charge in [-0.15, -0.1) is 0 Å². The van der Waals surface area contributed by atoms with Crippen LogP contribution in [0.4, 0.5) is 0 Å². The molecule has 0 aliphatic carbocycles. The van der Waals surface area contributed by atoms with Crippen LogP contribution in [0.15, 0.2) is 0 Å². The maximum Gasteiger partial charge on any atom is 0.222 e. The topological polar surface area (TPSA) is 70.2 Å². The molecule has 0 aromatic heterocycles. The predicted molar refractivity (Wildman–Crippen MR) is 244 cm³/mol. The van der Waals surface area contributed by atoms with Crippen molar-refractivity contribution in [1.29, 1.82) is 0 Å². The van der Waals surface area contributed by atoms with Gasteiger partial charge in [-0.05, 0) is 25.8 Å². The fourth-order valence-electron chi connectivity index (χ4n) is 8.09. The van der Waals surface area contributed by atoms with Crippen molar-refractivity contribution in [1.82, 2.24) is 16.0 Å². The molecule has 0 radical (unpaired) electrons. The Labute approximate surface area is 346 Å². The minimum absolute atomic E-state index is 0.0428. The molecule has 0 unspecified atom stereocenters. The summed E-state index contributed by atoms with van der Waals surface area (Å²) in [6.07, 6.45) is 54.0. The van der Waals surface area contributed by atoms with Crippen LogP contribution in [0.5, 0.6) is 0 Å². The van der Waals surface area contributed by atoms with Gasteiger partial charge in [0.05, 0.1) is 0 Å². The van der Waals surface area contributed by atoms with Crippen LogP contribution in [0, 0.1) is 0 Å². The summed E-state index contributed by atoms with van der Waals surface area (Å²) in [5, 5.41) is 9.82. The van der Waals surface area contributed by atoms with Gasteiger partial charge in [-0.3, -0.25) is 14.9 Å². The second kappa shape index (κ2) is 44.0. The molecule has 55 heavy (non-hydrogen) atoms. The Kier molecular flexibility index (Phi) is 43.1. The maximum absolute atomic E-state index is 13.0. The van der Waals surface area contributed by atoms with Crippen molar-refractivity contribution in [3.05, 3.63) is 0 Å². The van der Waals surface area contributed by atoms with Crippen LogP contribution in [-0.4, -0.2) is 24.1 Å². The molecule has 0 saturated heterocycles. The highest BCUT2D eigenvalue weighted by Crippen LogP contribution is 2.17. The molecule has 0 saturated carbocycles. The SMILES string of the molecule is CCCCCCCCCCCCCCCCCCCCCC(=O)NC(CC)(NCCC)NC(=O)CCCCCCCCCCCCCCCCCCCCC. The van der Waals surface area contributed by atoms with Gasteiger partial charge in [0, 0.05) is 19.3 Å². The van der Waals surface area contributed by atoms with Crippen molar-refractivity contribution in [2.24, 2.45) is 0 Å². The van der Waals surface area contributed by atoms with E-state index in [2.05, 4.69) is 36.7 Å². The van der Waals surface area contributed by atoms with Gasteiger partial charge in [-0.25, -0.2) is 0 Å². The van der Waals surface area contributed by atoms with Gasteiger partial charge >= 0.3 is 0 Å². The van der Waals surface area contributed by atoms with E-state index in [0.717, 1.165) is 38.6 Å². The first kappa shape index (κ1) is 53.9. The molecule has 0 aliphatic rings. The maximum atomic E-state index is 13.0. The lowest BCUT2D eigenvalue weighted by Gasteiger charge is -2.36. The largest absolute Gasteiger partial charge is 0.321 e. The number of amides is 2. The van der Waals surface area contributed by atoms with Crippen LogP contribution < -0.4 is 16.0 Å². The molecule has 0 heterocycles. The molecule has 3 N–H and O–H groups in total. The molecule has 0 fully saturated rings. The molecule has 0 bridgehead atoms. The quantitative estimate of drug-likeness (QED) is 0.0426. The Morgan fingerprint density at radius 3 is 0.727 bits per heavy atom. The van der Waals surface area contributed by atoms with Gasteiger partial charge in [-0.2, -0.15) is 0 Å². The molecule has 5 nitrogen and oxygen atoms in total.